The molecule has 0 spiro atoms. The summed E-state index contributed by atoms with van der Waals surface area (Å²) in [6.07, 6.45) is 15.5. The zero-order valence-electron chi connectivity index (χ0n) is 9.53. The Morgan fingerprint density at radius 3 is 1.13 bits per heavy atom. The van der Waals surface area contributed by atoms with Gasteiger partial charge in [-0.05, 0) is 25.7 Å². The highest BCUT2D eigenvalue weighted by Gasteiger charge is 2.48. The molecule has 0 amide bonds. The molecule has 2 saturated carbocycles. The Kier molecular flexibility index (Phi) is 4.20. The Balaban J connectivity index is 2.07. The minimum Gasteiger partial charge on any atom is -0.0838 e. The van der Waals surface area contributed by atoms with E-state index in [1.807, 2.05) is 0 Å². The van der Waals surface area contributed by atoms with Crippen molar-refractivity contribution in [3.05, 3.63) is 0 Å². The van der Waals surface area contributed by atoms with Gasteiger partial charge in [0.1, 0.15) is 0 Å². The Hall–Kier alpha value is 0.960. The second kappa shape index (κ2) is 5.08. The molecule has 0 heterocycles. The van der Waals surface area contributed by atoms with Crippen LogP contribution in [0.2, 0.25) is 0 Å². The number of hydrogen-bond acceptors (Lipinski definition) is 0. The second-order valence-electron chi connectivity index (χ2n) is 5.41. The summed E-state index contributed by atoms with van der Waals surface area (Å²) in [6.45, 7) is 0. The zero-order chi connectivity index (χ0) is 10.8. The summed E-state index contributed by atoms with van der Waals surface area (Å²) < 4.78 is 0.814. The van der Waals surface area contributed by atoms with E-state index in [0.29, 0.717) is 8.65 Å². The number of alkyl halides is 2. The third-order valence-corrected chi connectivity index (χ3v) is 7.98. The van der Waals surface area contributed by atoms with Crippen molar-refractivity contribution in [3.8, 4) is 0 Å². The van der Waals surface area contributed by atoms with Crippen LogP contribution in [0.15, 0.2) is 0 Å². The molecule has 0 bridgehead atoms. The van der Waals surface area contributed by atoms with E-state index in [-0.39, 0.29) is 0 Å². The van der Waals surface area contributed by atoms with E-state index in [0.717, 1.165) is 0 Å². The molecular weight excluding hydrogens is 316 g/mol. The number of hydrogen-bond donors (Lipinski definition) is 0. The van der Waals surface area contributed by atoms with E-state index >= 15 is 0 Å². The molecule has 2 fully saturated rings. The fraction of sp³-hybridized carbons (Fsp3) is 1.00. The third-order valence-electron chi connectivity index (χ3n) is 4.35. The second-order valence-corrected chi connectivity index (χ2v) is 8.44. The molecule has 0 N–H and O–H groups in total. The summed E-state index contributed by atoms with van der Waals surface area (Å²) >= 11 is 8.19. The first kappa shape index (κ1) is 12.4. The Morgan fingerprint density at radius 1 is 0.467 bits per heavy atom. The van der Waals surface area contributed by atoms with E-state index in [9.17, 15) is 0 Å². The fourth-order valence-electron chi connectivity index (χ4n) is 3.30. The normalized spacial score (nSPS) is 30.8. The van der Waals surface area contributed by atoms with E-state index in [4.69, 9.17) is 0 Å². The lowest BCUT2D eigenvalue weighted by atomic mass is 9.80. The third kappa shape index (κ3) is 2.62. The quantitative estimate of drug-likeness (QED) is 0.548. The van der Waals surface area contributed by atoms with Gasteiger partial charge >= 0.3 is 0 Å². The van der Waals surface area contributed by atoms with Crippen molar-refractivity contribution < 1.29 is 0 Å². The van der Waals surface area contributed by atoms with Crippen molar-refractivity contribution in [1.82, 2.24) is 0 Å². The van der Waals surface area contributed by atoms with Crippen LogP contribution in [0.4, 0.5) is 0 Å². The van der Waals surface area contributed by atoms with Crippen LogP contribution in [0.3, 0.4) is 0 Å². The highest BCUT2D eigenvalue weighted by molar-refractivity contribution is 9.13. The summed E-state index contributed by atoms with van der Waals surface area (Å²) in [7, 11) is 0. The van der Waals surface area contributed by atoms with Crippen LogP contribution in [-0.2, 0) is 0 Å². The minimum atomic E-state index is 0.400. The molecule has 0 unspecified atom stereocenters. The molecule has 0 aromatic carbocycles. The van der Waals surface area contributed by atoms with Gasteiger partial charge in [0.05, 0.1) is 0 Å². The van der Waals surface area contributed by atoms with Gasteiger partial charge in [0, 0.05) is 8.65 Å². The van der Waals surface area contributed by atoms with Crippen LogP contribution in [-0.4, -0.2) is 8.65 Å². The van der Waals surface area contributed by atoms with Crippen molar-refractivity contribution in [2.75, 3.05) is 0 Å². The topological polar surface area (TPSA) is 0 Å². The maximum Gasteiger partial charge on any atom is 0.0410 e. The van der Waals surface area contributed by atoms with E-state index in [1.54, 1.807) is 0 Å². The zero-order valence-corrected chi connectivity index (χ0v) is 12.7. The number of rotatable bonds is 1. The molecule has 15 heavy (non-hydrogen) atoms. The van der Waals surface area contributed by atoms with Gasteiger partial charge in [-0.1, -0.05) is 76.8 Å². The van der Waals surface area contributed by atoms with Crippen LogP contribution >= 0.6 is 31.9 Å². The van der Waals surface area contributed by atoms with E-state index in [2.05, 4.69) is 31.9 Å². The van der Waals surface area contributed by atoms with Crippen LogP contribution in [0, 0.1) is 0 Å². The van der Waals surface area contributed by atoms with Crippen LogP contribution in [0.1, 0.15) is 70.6 Å². The average molecular weight is 338 g/mol. The molecule has 0 aromatic heterocycles. The van der Waals surface area contributed by atoms with E-state index in [1.165, 1.54) is 70.6 Å². The van der Waals surface area contributed by atoms with E-state index < -0.39 is 0 Å². The molecule has 2 aliphatic rings. The van der Waals surface area contributed by atoms with Gasteiger partial charge in [-0.3, -0.25) is 0 Å². The highest BCUT2D eigenvalue weighted by Crippen LogP contribution is 2.54. The lowest BCUT2D eigenvalue weighted by Crippen LogP contribution is -2.43. The fourth-order valence-corrected chi connectivity index (χ4v) is 5.21. The van der Waals surface area contributed by atoms with Gasteiger partial charge in [0.15, 0.2) is 0 Å². The first-order valence-corrected chi connectivity index (χ1v) is 8.13. The van der Waals surface area contributed by atoms with Crippen molar-refractivity contribution in [2.45, 2.75) is 79.3 Å². The average Bonchev–Trinajstić information content (AvgIpc) is 2.61. The first-order valence-electron chi connectivity index (χ1n) is 6.54. The Labute approximate surface area is 111 Å². The van der Waals surface area contributed by atoms with Crippen molar-refractivity contribution in [3.63, 3.8) is 0 Å². The van der Waals surface area contributed by atoms with Crippen molar-refractivity contribution >= 4 is 31.9 Å². The summed E-state index contributed by atoms with van der Waals surface area (Å²) in [4.78, 5) is 0. The maximum absolute atomic E-state index is 4.12. The lowest BCUT2D eigenvalue weighted by molar-refractivity contribution is 0.349. The van der Waals surface area contributed by atoms with Gasteiger partial charge in [-0.2, -0.15) is 0 Å². The molecule has 2 aliphatic carbocycles. The molecule has 2 rings (SSSR count). The van der Waals surface area contributed by atoms with Crippen molar-refractivity contribution in [1.29, 1.82) is 0 Å². The summed E-state index contributed by atoms with van der Waals surface area (Å²) in [5.41, 5.74) is 0. The van der Waals surface area contributed by atoms with Gasteiger partial charge < -0.3 is 0 Å². The van der Waals surface area contributed by atoms with Gasteiger partial charge in [0.25, 0.3) is 0 Å². The van der Waals surface area contributed by atoms with Gasteiger partial charge in [-0.25, -0.2) is 0 Å². The van der Waals surface area contributed by atoms with Crippen molar-refractivity contribution in [2.24, 2.45) is 0 Å². The minimum absolute atomic E-state index is 0.400. The molecular formula is C13H22Br2. The Bertz CT molecular complexity index is 199. The first-order chi connectivity index (χ1) is 7.16. The van der Waals surface area contributed by atoms with Crippen LogP contribution in [0.25, 0.3) is 0 Å². The molecule has 2 heteroatoms. The van der Waals surface area contributed by atoms with Gasteiger partial charge in [0.2, 0.25) is 0 Å². The smallest absolute Gasteiger partial charge is 0.0410 e. The maximum atomic E-state index is 4.12. The molecule has 0 nitrogen and oxygen atoms in total. The summed E-state index contributed by atoms with van der Waals surface area (Å²) in [5, 5.41) is 0. The predicted octanol–water partition coefficient (Wildman–Crippen LogP) is 5.57. The number of halogens is 2. The molecule has 0 radical (unpaired) electrons. The summed E-state index contributed by atoms with van der Waals surface area (Å²) in [6, 6.07) is 0. The Morgan fingerprint density at radius 2 is 0.733 bits per heavy atom. The molecule has 0 saturated heterocycles. The molecule has 88 valence electrons. The molecule has 0 aliphatic heterocycles. The monoisotopic (exact) mass is 336 g/mol. The molecule has 0 atom stereocenters. The lowest BCUT2D eigenvalue weighted by Gasteiger charge is -2.42. The standard InChI is InChI=1S/C13H22Br2/c14-12(13(15)10-6-7-11-13)8-4-2-1-3-5-9-12/h1-11H2. The highest BCUT2D eigenvalue weighted by atomic mass is 79.9. The van der Waals surface area contributed by atoms with Crippen LogP contribution in [0.5, 0.6) is 0 Å². The molecule has 0 aromatic rings. The SMILES string of the molecule is BrC1(C2(Br)CCCC2)CCCCCCC1. The van der Waals surface area contributed by atoms with Crippen LogP contribution < -0.4 is 0 Å². The predicted molar refractivity (Wildman–Crippen MR) is 74.1 cm³/mol. The van der Waals surface area contributed by atoms with Gasteiger partial charge in [-0.15, -0.1) is 0 Å². The summed E-state index contributed by atoms with van der Waals surface area (Å²) in [5.74, 6) is 0. The largest absolute Gasteiger partial charge is 0.0838 e.